The maximum Gasteiger partial charge on any atom is 0.341 e. The fourth-order valence-electron chi connectivity index (χ4n) is 3.78. The van der Waals surface area contributed by atoms with Gasteiger partial charge in [0.1, 0.15) is 22.0 Å². The summed E-state index contributed by atoms with van der Waals surface area (Å²) < 4.78 is 3.03. The van der Waals surface area contributed by atoms with E-state index in [4.69, 9.17) is 11.6 Å². The van der Waals surface area contributed by atoms with Gasteiger partial charge in [0.05, 0.1) is 16.6 Å². The number of aromatic nitrogens is 4. The van der Waals surface area contributed by atoms with Crippen LogP contribution >= 0.6 is 34.7 Å². The van der Waals surface area contributed by atoms with E-state index in [2.05, 4.69) is 10.1 Å². The number of carbonyl (C=O) groups is 3. The first-order chi connectivity index (χ1) is 18.4. The monoisotopic (exact) mass is 584 g/mol. The summed E-state index contributed by atoms with van der Waals surface area (Å²) in [7, 11) is 0. The van der Waals surface area contributed by atoms with Crippen LogP contribution < -0.4 is 5.56 Å². The minimum Gasteiger partial charge on any atom is -0.477 e. The van der Waals surface area contributed by atoms with Crippen LogP contribution in [0, 0.1) is 12.3 Å². The Bertz CT molecular complexity index is 1630. The predicted octanol–water partition coefficient (Wildman–Crippen LogP) is 5.69. The summed E-state index contributed by atoms with van der Waals surface area (Å²) in [6.07, 6.45) is 1.46. The van der Waals surface area contributed by atoms with Gasteiger partial charge in [0.15, 0.2) is 0 Å². The average Bonchev–Trinajstić information content (AvgIpc) is 3.49. The molecule has 12 heteroatoms. The van der Waals surface area contributed by atoms with Crippen LogP contribution in [0.1, 0.15) is 56.9 Å². The molecule has 0 fully saturated rings. The molecule has 0 aliphatic carbocycles. The molecule has 9 nitrogen and oxygen atoms in total. The van der Waals surface area contributed by atoms with Crippen LogP contribution in [0.25, 0.3) is 11.4 Å². The quantitative estimate of drug-likeness (QED) is 0.207. The molecule has 0 aromatic carbocycles. The fraction of sp³-hybridized carbons (Fsp3) is 0.259. The van der Waals surface area contributed by atoms with E-state index in [1.807, 2.05) is 6.07 Å². The van der Waals surface area contributed by atoms with Gasteiger partial charge in [-0.1, -0.05) is 38.4 Å². The first kappa shape index (κ1) is 28.5. The van der Waals surface area contributed by atoms with Crippen LogP contribution in [0.15, 0.2) is 58.5 Å². The van der Waals surface area contributed by atoms with Gasteiger partial charge in [-0.05, 0) is 42.8 Å². The molecule has 4 rings (SSSR count). The van der Waals surface area contributed by atoms with Gasteiger partial charge in [0.25, 0.3) is 11.5 Å². The molecule has 0 atom stereocenters. The van der Waals surface area contributed by atoms with Crippen molar-refractivity contribution in [1.29, 1.82) is 0 Å². The number of ketones is 1. The van der Waals surface area contributed by atoms with Gasteiger partial charge >= 0.3 is 5.97 Å². The lowest BCUT2D eigenvalue weighted by Crippen LogP contribution is -2.32. The van der Waals surface area contributed by atoms with E-state index >= 15 is 0 Å². The van der Waals surface area contributed by atoms with Crippen molar-refractivity contribution >= 4 is 52.4 Å². The lowest BCUT2D eigenvalue weighted by molar-refractivity contribution is 0.0691. The number of hydrogen-bond donors (Lipinski definition) is 1. The van der Waals surface area contributed by atoms with E-state index in [-0.39, 0.29) is 28.6 Å². The molecule has 0 unspecified atom stereocenters. The minimum atomic E-state index is -1.40. The summed E-state index contributed by atoms with van der Waals surface area (Å²) in [6, 6.07) is 11.7. The fourth-order valence-corrected chi connectivity index (χ4v) is 5.90. The Labute approximate surface area is 237 Å². The second kappa shape index (κ2) is 11.3. The molecule has 4 aromatic rings. The third kappa shape index (κ3) is 6.21. The number of halogens is 1. The molecule has 0 aliphatic heterocycles. The molecule has 0 spiro atoms. The van der Waals surface area contributed by atoms with Crippen LogP contribution in [0.4, 0.5) is 0 Å². The van der Waals surface area contributed by atoms with Crippen molar-refractivity contribution in [2.24, 2.45) is 5.41 Å². The molecule has 0 radical (unpaired) electrons. The van der Waals surface area contributed by atoms with Gasteiger partial charge in [-0.25, -0.2) is 4.79 Å². The van der Waals surface area contributed by atoms with Crippen LogP contribution in [0.3, 0.4) is 0 Å². The lowest BCUT2D eigenvalue weighted by Gasteiger charge is -2.17. The number of thioether (sulfide) groups is 1. The Kier molecular flexibility index (Phi) is 8.24. The average molecular weight is 585 g/mol. The van der Waals surface area contributed by atoms with Crippen molar-refractivity contribution in [2.75, 3.05) is 0 Å². The van der Waals surface area contributed by atoms with Crippen molar-refractivity contribution in [1.82, 2.24) is 19.3 Å². The topological polar surface area (TPSA) is 124 Å². The Morgan fingerprint density at radius 2 is 1.87 bits per heavy atom. The third-order valence-electron chi connectivity index (χ3n) is 5.73. The van der Waals surface area contributed by atoms with Gasteiger partial charge in [-0.3, -0.25) is 23.9 Å². The van der Waals surface area contributed by atoms with Crippen LogP contribution in [0.2, 0.25) is 4.34 Å². The van der Waals surface area contributed by atoms with E-state index in [9.17, 15) is 24.3 Å². The number of carbonyl (C=O) groups excluding carboxylic acids is 2. The molecule has 4 aromatic heterocycles. The molecule has 1 N–H and O–H groups in total. The number of Topliss-reactive ketones (excluding diaryl/α,β-unsaturated/α-hetero) is 1. The second-order valence-corrected chi connectivity index (χ2v) is 12.5. The SMILES string of the molecule is Cc1cc(-c2cc(SCc3ccc(Cl)s3)n(C(=O)C(C)(C)C)n2)n(CC(=O)c2ccccn2)c(=O)c1C(=O)O. The summed E-state index contributed by atoms with van der Waals surface area (Å²) in [5.41, 5.74) is -1.24. The largest absolute Gasteiger partial charge is 0.477 e. The van der Waals surface area contributed by atoms with E-state index in [1.54, 1.807) is 45.0 Å². The van der Waals surface area contributed by atoms with Crippen molar-refractivity contribution in [3.05, 3.63) is 85.0 Å². The molecular formula is C27H25ClN4O5S2. The van der Waals surface area contributed by atoms with E-state index < -0.39 is 34.8 Å². The number of carboxylic acids is 1. The number of carboxylic acid groups (broad SMARTS) is 1. The number of aryl methyl sites for hydroxylation is 1. The highest BCUT2D eigenvalue weighted by atomic mass is 35.5. The molecule has 202 valence electrons. The number of pyridine rings is 2. The Hall–Kier alpha value is -3.54. The molecule has 0 bridgehead atoms. The van der Waals surface area contributed by atoms with Gasteiger partial charge in [-0.2, -0.15) is 9.78 Å². The molecular weight excluding hydrogens is 560 g/mol. The first-order valence-electron chi connectivity index (χ1n) is 11.8. The molecule has 39 heavy (non-hydrogen) atoms. The van der Waals surface area contributed by atoms with Crippen LogP contribution in [-0.4, -0.2) is 42.1 Å². The van der Waals surface area contributed by atoms with Crippen LogP contribution in [0.5, 0.6) is 0 Å². The van der Waals surface area contributed by atoms with Crippen molar-refractivity contribution in [2.45, 2.75) is 45.0 Å². The number of thiophene rings is 1. The molecule has 0 saturated heterocycles. The van der Waals surface area contributed by atoms with E-state index in [0.717, 1.165) is 9.44 Å². The smallest absolute Gasteiger partial charge is 0.341 e. The summed E-state index contributed by atoms with van der Waals surface area (Å²) in [4.78, 5) is 56.7. The number of rotatable bonds is 8. The lowest BCUT2D eigenvalue weighted by atomic mass is 9.96. The zero-order chi connectivity index (χ0) is 28.5. The Balaban J connectivity index is 1.85. The highest BCUT2D eigenvalue weighted by molar-refractivity contribution is 7.98. The molecule has 0 saturated carbocycles. The number of hydrogen-bond acceptors (Lipinski definition) is 8. The van der Waals surface area contributed by atoms with Crippen molar-refractivity contribution < 1.29 is 19.5 Å². The summed E-state index contributed by atoms with van der Waals surface area (Å²) >= 11 is 8.88. The van der Waals surface area contributed by atoms with Gasteiger partial charge < -0.3 is 5.11 Å². The van der Waals surface area contributed by atoms with E-state index in [1.165, 1.54) is 53.0 Å². The van der Waals surface area contributed by atoms with Crippen LogP contribution in [-0.2, 0) is 12.3 Å². The molecule has 0 aliphatic rings. The maximum absolute atomic E-state index is 13.4. The standard InChI is InChI=1S/C27H25ClN4O5S2/c1-15-11-19(31(24(34)23(15)25(35)36)13-20(33)17-7-5-6-10-29-17)18-12-22(32(30-18)26(37)27(2,3)4)38-14-16-8-9-21(28)39-16/h5-12H,13-14H2,1-4H3,(H,35,36). The highest BCUT2D eigenvalue weighted by Crippen LogP contribution is 2.33. The summed E-state index contributed by atoms with van der Waals surface area (Å²) in [5, 5.41) is 14.8. The molecule has 0 amide bonds. The number of aromatic carboxylic acids is 1. The van der Waals surface area contributed by atoms with Crippen molar-refractivity contribution in [3.63, 3.8) is 0 Å². The zero-order valence-corrected chi connectivity index (χ0v) is 24.0. The highest BCUT2D eigenvalue weighted by Gasteiger charge is 2.29. The summed E-state index contributed by atoms with van der Waals surface area (Å²) in [6.45, 7) is 6.38. The maximum atomic E-state index is 13.4. The molecule has 4 heterocycles. The Morgan fingerprint density at radius 1 is 1.13 bits per heavy atom. The van der Waals surface area contributed by atoms with Gasteiger partial charge in [-0.15, -0.1) is 23.1 Å². The second-order valence-electron chi connectivity index (χ2n) is 9.75. The predicted molar refractivity (Wildman–Crippen MR) is 151 cm³/mol. The van der Waals surface area contributed by atoms with Gasteiger partial charge in [0, 0.05) is 28.3 Å². The first-order valence-corrected chi connectivity index (χ1v) is 14.0. The number of nitrogens with zero attached hydrogens (tertiary/aromatic N) is 4. The zero-order valence-electron chi connectivity index (χ0n) is 21.6. The van der Waals surface area contributed by atoms with E-state index in [0.29, 0.717) is 15.1 Å². The Morgan fingerprint density at radius 3 is 2.46 bits per heavy atom. The minimum absolute atomic E-state index is 0.132. The summed E-state index contributed by atoms with van der Waals surface area (Å²) in [5.74, 6) is -1.62. The third-order valence-corrected chi connectivity index (χ3v) is 8.18. The van der Waals surface area contributed by atoms with Gasteiger partial charge in [0.2, 0.25) is 5.78 Å². The normalized spacial score (nSPS) is 11.5. The van der Waals surface area contributed by atoms with Crippen molar-refractivity contribution in [3.8, 4) is 11.4 Å².